The molecule has 0 atom stereocenters. The van der Waals surface area contributed by atoms with Crippen LogP contribution in [0.4, 0.5) is 0 Å². The molecule has 3 N–H and O–H groups in total. The molecule has 1 rings (SSSR count). The molecule has 0 radical (unpaired) electrons. The third kappa shape index (κ3) is 1.80. The van der Waals surface area contributed by atoms with E-state index in [0.717, 1.165) is 16.8 Å². The molecule has 0 unspecified atom stereocenters. The molecule has 0 aliphatic rings. The lowest BCUT2D eigenvalue weighted by Gasteiger charge is -1.87. The van der Waals surface area contributed by atoms with Crippen LogP contribution in [0.25, 0.3) is 0 Å². The van der Waals surface area contributed by atoms with Crippen molar-refractivity contribution in [2.75, 3.05) is 6.54 Å². The zero-order chi connectivity index (χ0) is 6.69. The SMILES string of the molecule is NCCc1ncc(Br)[nH]1. The summed E-state index contributed by atoms with van der Waals surface area (Å²) < 4.78 is 0.908. The maximum absolute atomic E-state index is 5.29. The summed E-state index contributed by atoms with van der Waals surface area (Å²) in [6.07, 6.45) is 2.54. The van der Waals surface area contributed by atoms with Crippen LogP contribution in [0.3, 0.4) is 0 Å². The molecule has 0 saturated carbocycles. The maximum Gasteiger partial charge on any atom is 0.108 e. The number of nitrogens with two attached hydrogens (primary N) is 1. The van der Waals surface area contributed by atoms with E-state index in [9.17, 15) is 0 Å². The van der Waals surface area contributed by atoms with Gasteiger partial charge in [0.25, 0.3) is 0 Å². The average molecular weight is 190 g/mol. The van der Waals surface area contributed by atoms with Crippen LogP contribution in [0, 0.1) is 0 Å². The number of nitrogens with zero attached hydrogens (tertiary/aromatic N) is 1. The fourth-order valence-electron chi connectivity index (χ4n) is 0.601. The molecule has 0 saturated heterocycles. The monoisotopic (exact) mass is 189 g/mol. The number of aromatic amines is 1. The molecule has 50 valence electrons. The minimum atomic E-state index is 0.639. The van der Waals surface area contributed by atoms with Crippen molar-refractivity contribution in [2.24, 2.45) is 5.73 Å². The normalized spacial score (nSPS) is 10.0. The first-order valence-electron chi connectivity index (χ1n) is 2.72. The Morgan fingerprint density at radius 1 is 1.78 bits per heavy atom. The highest BCUT2D eigenvalue weighted by atomic mass is 79.9. The van der Waals surface area contributed by atoms with Gasteiger partial charge in [0.2, 0.25) is 0 Å². The van der Waals surface area contributed by atoms with E-state index >= 15 is 0 Å². The number of halogens is 1. The first kappa shape index (κ1) is 6.77. The molecule has 0 amide bonds. The smallest absolute Gasteiger partial charge is 0.108 e. The van der Waals surface area contributed by atoms with E-state index in [-0.39, 0.29) is 0 Å². The average Bonchev–Trinajstić information content (AvgIpc) is 2.17. The molecule has 1 heterocycles. The van der Waals surface area contributed by atoms with Crippen LogP contribution in [0.1, 0.15) is 5.82 Å². The number of rotatable bonds is 2. The van der Waals surface area contributed by atoms with Crippen molar-refractivity contribution >= 4 is 15.9 Å². The molecule has 0 aliphatic carbocycles. The summed E-state index contributed by atoms with van der Waals surface area (Å²) in [4.78, 5) is 7.03. The Bertz CT molecular complexity index is 184. The van der Waals surface area contributed by atoms with E-state index in [1.807, 2.05) is 0 Å². The van der Waals surface area contributed by atoms with Crippen LogP contribution < -0.4 is 5.73 Å². The Labute approximate surface area is 61.8 Å². The zero-order valence-electron chi connectivity index (χ0n) is 4.89. The summed E-state index contributed by atoms with van der Waals surface area (Å²) in [5.74, 6) is 0.935. The standard InChI is InChI=1S/C5H8BrN3/c6-4-3-8-5(9-4)1-2-7/h3H,1-2,7H2,(H,8,9). The lowest BCUT2D eigenvalue weighted by molar-refractivity contribution is 0.892. The minimum Gasteiger partial charge on any atom is -0.337 e. The van der Waals surface area contributed by atoms with Gasteiger partial charge in [0.1, 0.15) is 10.4 Å². The van der Waals surface area contributed by atoms with Gasteiger partial charge in [-0.25, -0.2) is 4.98 Å². The van der Waals surface area contributed by atoms with Crippen LogP contribution in [0.2, 0.25) is 0 Å². The second kappa shape index (κ2) is 2.98. The Morgan fingerprint density at radius 3 is 3.00 bits per heavy atom. The largest absolute Gasteiger partial charge is 0.337 e. The molecule has 4 heteroatoms. The highest BCUT2D eigenvalue weighted by Gasteiger charge is 1.93. The number of nitrogens with one attached hydrogen (secondary N) is 1. The van der Waals surface area contributed by atoms with Gasteiger partial charge in [-0.15, -0.1) is 0 Å². The van der Waals surface area contributed by atoms with Crippen molar-refractivity contribution < 1.29 is 0 Å². The Hall–Kier alpha value is -0.350. The number of imidazole rings is 1. The third-order valence-corrected chi connectivity index (χ3v) is 1.38. The highest BCUT2D eigenvalue weighted by molar-refractivity contribution is 9.10. The fourth-order valence-corrected chi connectivity index (χ4v) is 0.932. The summed E-state index contributed by atoms with van der Waals surface area (Å²) in [5.41, 5.74) is 5.29. The first-order valence-corrected chi connectivity index (χ1v) is 3.51. The molecule has 0 spiro atoms. The molecular weight excluding hydrogens is 182 g/mol. The minimum absolute atomic E-state index is 0.639. The predicted octanol–water partition coefficient (Wildman–Crippen LogP) is 0.673. The quantitative estimate of drug-likeness (QED) is 0.720. The fraction of sp³-hybridized carbons (Fsp3) is 0.400. The van der Waals surface area contributed by atoms with Gasteiger partial charge in [-0.2, -0.15) is 0 Å². The Morgan fingerprint density at radius 2 is 2.56 bits per heavy atom. The van der Waals surface area contributed by atoms with Crippen LogP contribution in [0.15, 0.2) is 10.8 Å². The summed E-state index contributed by atoms with van der Waals surface area (Å²) >= 11 is 3.24. The highest BCUT2D eigenvalue weighted by Crippen LogP contribution is 2.04. The maximum atomic E-state index is 5.29. The van der Waals surface area contributed by atoms with Crippen LogP contribution >= 0.6 is 15.9 Å². The molecule has 0 bridgehead atoms. The molecule has 3 nitrogen and oxygen atoms in total. The predicted molar refractivity (Wildman–Crippen MR) is 39.0 cm³/mol. The van der Waals surface area contributed by atoms with Crippen LogP contribution in [0.5, 0.6) is 0 Å². The van der Waals surface area contributed by atoms with E-state index in [4.69, 9.17) is 5.73 Å². The van der Waals surface area contributed by atoms with Crippen molar-refractivity contribution in [1.29, 1.82) is 0 Å². The topological polar surface area (TPSA) is 54.7 Å². The lowest BCUT2D eigenvalue weighted by atomic mass is 10.4. The first-order chi connectivity index (χ1) is 4.33. The van der Waals surface area contributed by atoms with Gasteiger partial charge < -0.3 is 10.7 Å². The number of hydrogen-bond donors (Lipinski definition) is 2. The number of hydrogen-bond acceptors (Lipinski definition) is 2. The van der Waals surface area contributed by atoms with E-state index in [1.165, 1.54) is 0 Å². The van der Waals surface area contributed by atoms with Gasteiger partial charge in [0.15, 0.2) is 0 Å². The van der Waals surface area contributed by atoms with Gasteiger partial charge >= 0.3 is 0 Å². The second-order valence-corrected chi connectivity index (χ2v) is 2.57. The Balaban J connectivity index is 2.61. The summed E-state index contributed by atoms with van der Waals surface area (Å²) in [5, 5.41) is 0. The van der Waals surface area contributed by atoms with Crippen molar-refractivity contribution in [3.63, 3.8) is 0 Å². The molecule has 9 heavy (non-hydrogen) atoms. The second-order valence-electron chi connectivity index (χ2n) is 1.72. The third-order valence-electron chi connectivity index (χ3n) is 0.979. The molecule has 1 aromatic heterocycles. The van der Waals surface area contributed by atoms with Crippen LogP contribution in [-0.2, 0) is 6.42 Å². The molecule has 1 aromatic rings. The molecule has 0 aromatic carbocycles. The van der Waals surface area contributed by atoms with E-state index in [0.29, 0.717) is 6.54 Å². The van der Waals surface area contributed by atoms with Crippen molar-refractivity contribution in [2.45, 2.75) is 6.42 Å². The van der Waals surface area contributed by atoms with Gasteiger partial charge in [0.05, 0.1) is 6.20 Å². The van der Waals surface area contributed by atoms with E-state index in [2.05, 4.69) is 25.9 Å². The number of aromatic nitrogens is 2. The summed E-state index contributed by atoms with van der Waals surface area (Å²) in [7, 11) is 0. The molecule has 0 aliphatic heterocycles. The zero-order valence-corrected chi connectivity index (χ0v) is 6.48. The van der Waals surface area contributed by atoms with Crippen molar-refractivity contribution in [1.82, 2.24) is 9.97 Å². The van der Waals surface area contributed by atoms with Gasteiger partial charge in [-0.1, -0.05) is 0 Å². The molecular formula is C5H8BrN3. The summed E-state index contributed by atoms with van der Waals surface area (Å²) in [6.45, 7) is 0.639. The van der Waals surface area contributed by atoms with Gasteiger partial charge in [-0.3, -0.25) is 0 Å². The van der Waals surface area contributed by atoms with Crippen molar-refractivity contribution in [3.8, 4) is 0 Å². The van der Waals surface area contributed by atoms with E-state index in [1.54, 1.807) is 6.20 Å². The van der Waals surface area contributed by atoms with Crippen LogP contribution in [-0.4, -0.2) is 16.5 Å². The van der Waals surface area contributed by atoms with Gasteiger partial charge in [0, 0.05) is 6.42 Å². The number of H-pyrrole nitrogens is 1. The molecule has 0 fully saturated rings. The van der Waals surface area contributed by atoms with Gasteiger partial charge in [-0.05, 0) is 22.5 Å². The Kier molecular flexibility index (Phi) is 2.24. The van der Waals surface area contributed by atoms with E-state index < -0.39 is 0 Å². The van der Waals surface area contributed by atoms with Crippen molar-refractivity contribution in [3.05, 3.63) is 16.6 Å². The summed E-state index contributed by atoms with van der Waals surface area (Å²) in [6, 6.07) is 0. The lowest BCUT2D eigenvalue weighted by Crippen LogP contribution is -2.03.